The maximum Gasteiger partial charge on any atom is 0.240 e. The fraction of sp³-hybridized carbons (Fsp3) is 0.533. The zero-order chi connectivity index (χ0) is 15.6. The first kappa shape index (κ1) is 15.6. The van der Waals surface area contributed by atoms with Crippen LogP contribution in [-0.2, 0) is 16.1 Å². The molecule has 1 saturated heterocycles. The Bertz CT molecular complexity index is 573. The largest absolute Gasteiger partial charge is 0.486 e. The van der Waals surface area contributed by atoms with E-state index in [1.165, 1.54) is 0 Å². The van der Waals surface area contributed by atoms with Gasteiger partial charge in [0.25, 0.3) is 0 Å². The average molecular weight is 371 g/mol. The standard InChI is InChI=1S/C15H19BrN2O4/c16-11-7-10(8-12-13(11)22-6-5-21-12)9-18-14(19)15(17)1-3-20-4-2-15/h7-8H,1-6,9,17H2,(H,18,19). The van der Waals surface area contributed by atoms with Crippen molar-refractivity contribution in [2.24, 2.45) is 5.73 Å². The molecule has 1 fully saturated rings. The summed E-state index contributed by atoms with van der Waals surface area (Å²) in [5.41, 5.74) is 6.26. The van der Waals surface area contributed by atoms with Gasteiger partial charge in [-0.1, -0.05) is 0 Å². The summed E-state index contributed by atoms with van der Waals surface area (Å²) in [5.74, 6) is 1.27. The van der Waals surface area contributed by atoms with Crippen molar-refractivity contribution in [3.8, 4) is 11.5 Å². The van der Waals surface area contributed by atoms with E-state index >= 15 is 0 Å². The summed E-state index contributed by atoms with van der Waals surface area (Å²) in [6.45, 7) is 2.52. The van der Waals surface area contributed by atoms with E-state index in [0.29, 0.717) is 57.3 Å². The summed E-state index contributed by atoms with van der Waals surface area (Å²) in [5, 5.41) is 2.91. The molecule has 0 spiro atoms. The molecule has 1 aromatic carbocycles. The Morgan fingerprint density at radius 3 is 2.73 bits per heavy atom. The van der Waals surface area contributed by atoms with Gasteiger partial charge in [0.2, 0.25) is 5.91 Å². The summed E-state index contributed by atoms with van der Waals surface area (Å²) in [6.07, 6.45) is 1.09. The van der Waals surface area contributed by atoms with Gasteiger partial charge in [0, 0.05) is 19.8 Å². The van der Waals surface area contributed by atoms with Gasteiger partial charge < -0.3 is 25.3 Å². The normalized spacial score (nSPS) is 19.5. The van der Waals surface area contributed by atoms with Crippen molar-refractivity contribution in [1.29, 1.82) is 0 Å². The lowest BCUT2D eigenvalue weighted by molar-refractivity contribution is -0.129. The molecule has 3 N–H and O–H groups in total. The van der Waals surface area contributed by atoms with Crippen molar-refractivity contribution >= 4 is 21.8 Å². The van der Waals surface area contributed by atoms with E-state index in [0.717, 1.165) is 10.0 Å². The Kier molecular flexibility index (Phi) is 4.56. The molecule has 3 rings (SSSR count). The highest BCUT2D eigenvalue weighted by Crippen LogP contribution is 2.38. The van der Waals surface area contributed by atoms with Crippen LogP contribution >= 0.6 is 15.9 Å². The van der Waals surface area contributed by atoms with Gasteiger partial charge in [-0.05, 0) is 46.5 Å². The first-order chi connectivity index (χ1) is 10.6. The molecule has 1 amide bonds. The van der Waals surface area contributed by atoms with E-state index in [4.69, 9.17) is 19.9 Å². The SMILES string of the molecule is NC1(C(=O)NCc2cc(Br)c3c(c2)OCCO3)CCOCC1. The predicted molar refractivity (Wildman–Crippen MR) is 84.0 cm³/mol. The number of ether oxygens (including phenoxy) is 3. The second-order valence-electron chi connectivity index (χ2n) is 5.55. The lowest BCUT2D eigenvalue weighted by atomic mass is 9.90. The molecular formula is C15H19BrN2O4. The summed E-state index contributed by atoms with van der Waals surface area (Å²) < 4.78 is 17.2. The number of fused-ring (bicyclic) bond motifs is 1. The second kappa shape index (κ2) is 6.44. The number of amides is 1. The van der Waals surface area contributed by atoms with Gasteiger partial charge in [0.1, 0.15) is 13.2 Å². The molecule has 2 aliphatic heterocycles. The lowest BCUT2D eigenvalue weighted by Crippen LogP contribution is -2.56. The molecular weight excluding hydrogens is 352 g/mol. The van der Waals surface area contributed by atoms with Crippen molar-refractivity contribution in [3.05, 3.63) is 22.2 Å². The third-order valence-electron chi connectivity index (χ3n) is 3.95. The van der Waals surface area contributed by atoms with E-state index in [9.17, 15) is 4.79 Å². The van der Waals surface area contributed by atoms with E-state index in [1.807, 2.05) is 12.1 Å². The Hall–Kier alpha value is -1.31. The monoisotopic (exact) mass is 370 g/mol. The number of carbonyl (C=O) groups is 1. The smallest absolute Gasteiger partial charge is 0.240 e. The third-order valence-corrected chi connectivity index (χ3v) is 4.54. The topological polar surface area (TPSA) is 82.8 Å². The van der Waals surface area contributed by atoms with Crippen LogP contribution in [0.4, 0.5) is 0 Å². The van der Waals surface area contributed by atoms with Crippen LogP contribution in [-0.4, -0.2) is 37.9 Å². The molecule has 0 unspecified atom stereocenters. The number of rotatable bonds is 3. The Balaban J connectivity index is 1.66. The lowest BCUT2D eigenvalue weighted by Gasteiger charge is -2.31. The van der Waals surface area contributed by atoms with Crippen LogP contribution in [0.15, 0.2) is 16.6 Å². The van der Waals surface area contributed by atoms with Gasteiger partial charge in [-0.25, -0.2) is 0 Å². The van der Waals surface area contributed by atoms with Gasteiger partial charge in [-0.2, -0.15) is 0 Å². The Morgan fingerprint density at radius 2 is 1.95 bits per heavy atom. The first-order valence-electron chi connectivity index (χ1n) is 7.31. The fourth-order valence-electron chi connectivity index (χ4n) is 2.59. The van der Waals surface area contributed by atoms with Gasteiger partial charge in [-0.3, -0.25) is 4.79 Å². The van der Waals surface area contributed by atoms with Crippen molar-refractivity contribution in [1.82, 2.24) is 5.32 Å². The summed E-state index contributed by atoms with van der Waals surface area (Å²) >= 11 is 3.47. The molecule has 2 aliphatic rings. The molecule has 0 aliphatic carbocycles. The molecule has 0 atom stereocenters. The van der Waals surface area contributed by atoms with Crippen LogP contribution in [0, 0.1) is 0 Å². The molecule has 0 aromatic heterocycles. The number of nitrogens with two attached hydrogens (primary N) is 1. The van der Waals surface area contributed by atoms with Crippen LogP contribution in [0.25, 0.3) is 0 Å². The van der Waals surface area contributed by atoms with Gasteiger partial charge in [0.15, 0.2) is 11.5 Å². The highest BCUT2D eigenvalue weighted by molar-refractivity contribution is 9.10. The quantitative estimate of drug-likeness (QED) is 0.838. The summed E-state index contributed by atoms with van der Waals surface area (Å²) in [7, 11) is 0. The minimum absolute atomic E-state index is 0.137. The van der Waals surface area contributed by atoms with Gasteiger partial charge in [-0.15, -0.1) is 0 Å². The van der Waals surface area contributed by atoms with E-state index in [-0.39, 0.29) is 5.91 Å². The molecule has 7 heteroatoms. The maximum absolute atomic E-state index is 12.3. The number of benzene rings is 1. The van der Waals surface area contributed by atoms with Crippen molar-refractivity contribution < 1.29 is 19.0 Å². The Morgan fingerprint density at radius 1 is 1.23 bits per heavy atom. The number of carbonyl (C=O) groups excluding carboxylic acids is 1. The predicted octanol–water partition coefficient (Wildman–Crippen LogP) is 1.34. The maximum atomic E-state index is 12.3. The van der Waals surface area contributed by atoms with Crippen LogP contribution in [0.5, 0.6) is 11.5 Å². The second-order valence-corrected chi connectivity index (χ2v) is 6.41. The molecule has 1 aromatic rings. The highest BCUT2D eigenvalue weighted by Gasteiger charge is 2.35. The third kappa shape index (κ3) is 3.21. The van der Waals surface area contributed by atoms with E-state index in [1.54, 1.807) is 0 Å². The molecule has 120 valence electrons. The molecule has 2 heterocycles. The zero-order valence-corrected chi connectivity index (χ0v) is 13.8. The van der Waals surface area contributed by atoms with Crippen molar-refractivity contribution in [3.63, 3.8) is 0 Å². The van der Waals surface area contributed by atoms with E-state index < -0.39 is 5.54 Å². The highest BCUT2D eigenvalue weighted by atomic mass is 79.9. The molecule has 0 bridgehead atoms. The fourth-order valence-corrected chi connectivity index (χ4v) is 3.19. The number of hydrogen-bond donors (Lipinski definition) is 2. The summed E-state index contributed by atoms with van der Waals surface area (Å²) in [4.78, 5) is 12.3. The molecule has 6 nitrogen and oxygen atoms in total. The van der Waals surface area contributed by atoms with Crippen molar-refractivity contribution in [2.45, 2.75) is 24.9 Å². The van der Waals surface area contributed by atoms with Crippen LogP contribution in [0.1, 0.15) is 18.4 Å². The molecule has 22 heavy (non-hydrogen) atoms. The average Bonchev–Trinajstić information content (AvgIpc) is 2.53. The zero-order valence-electron chi connectivity index (χ0n) is 12.2. The van der Waals surface area contributed by atoms with Crippen molar-refractivity contribution in [2.75, 3.05) is 26.4 Å². The number of hydrogen-bond acceptors (Lipinski definition) is 5. The Labute approximate surface area is 137 Å². The molecule has 0 saturated carbocycles. The first-order valence-corrected chi connectivity index (χ1v) is 8.11. The summed E-state index contributed by atoms with van der Waals surface area (Å²) in [6, 6.07) is 3.80. The minimum atomic E-state index is -0.830. The van der Waals surface area contributed by atoms with Crippen LogP contribution < -0.4 is 20.5 Å². The number of halogens is 1. The van der Waals surface area contributed by atoms with Gasteiger partial charge >= 0.3 is 0 Å². The van der Waals surface area contributed by atoms with E-state index in [2.05, 4.69) is 21.2 Å². The van der Waals surface area contributed by atoms with Gasteiger partial charge in [0.05, 0.1) is 10.0 Å². The van der Waals surface area contributed by atoms with Crippen LogP contribution in [0.2, 0.25) is 0 Å². The van der Waals surface area contributed by atoms with Crippen LogP contribution in [0.3, 0.4) is 0 Å². The number of nitrogens with one attached hydrogen (secondary N) is 1. The molecule has 0 radical (unpaired) electrons. The minimum Gasteiger partial charge on any atom is -0.486 e.